The fraction of sp³-hybridized carbons (Fsp3) is 0.0952. The van der Waals surface area contributed by atoms with Crippen LogP contribution in [0.15, 0.2) is 79.4 Å². The molecule has 122 valence electrons. The van der Waals surface area contributed by atoms with Gasteiger partial charge < -0.3 is 4.57 Å². The Morgan fingerprint density at radius 2 is 1.32 bits per heavy atom. The Labute approximate surface area is 146 Å². The van der Waals surface area contributed by atoms with Gasteiger partial charge in [0, 0.05) is 48.0 Å². The molecule has 4 nitrogen and oxygen atoms in total. The van der Waals surface area contributed by atoms with Crippen LogP contribution in [0.3, 0.4) is 0 Å². The van der Waals surface area contributed by atoms with E-state index in [-0.39, 0.29) is 0 Å². The standard InChI is InChI=1S/C21H18N4/c1-2-25-20(17-10-14-23-15-11-17)19(16-8-12-22-13-9-16)24-21(25)18-6-4-3-5-7-18/h3-15H,2H2,1H3. The largest absolute Gasteiger partial charge is 0.324 e. The van der Waals surface area contributed by atoms with E-state index in [0.29, 0.717) is 0 Å². The molecule has 4 heteroatoms. The van der Waals surface area contributed by atoms with Crippen molar-refractivity contribution in [3.8, 4) is 33.9 Å². The zero-order chi connectivity index (χ0) is 17.1. The van der Waals surface area contributed by atoms with Crippen molar-refractivity contribution in [3.05, 3.63) is 79.4 Å². The average molecular weight is 326 g/mol. The van der Waals surface area contributed by atoms with E-state index in [1.54, 1.807) is 12.4 Å². The van der Waals surface area contributed by atoms with Crippen LogP contribution in [-0.4, -0.2) is 19.5 Å². The minimum Gasteiger partial charge on any atom is -0.324 e. The second-order valence-electron chi connectivity index (χ2n) is 5.71. The van der Waals surface area contributed by atoms with E-state index >= 15 is 0 Å². The van der Waals surface area contributed by atoms with Crippen LogP contribution in [0.5, 0.6) is 0 Å². The van der Waals surface area contributed by atoms with Crippen molar-refractivity contribution in [2.24, 2.45) is 0 Å². The van der Waals surface area contributed by atoms with Gasteiger partial charge in [0.2, 0.25) is 0 Å². The van der Waals surface area contributed by atoms with Crippen LogP contribution in [-0.2, 0) is 6.54 Å². The molecule has 4 aromatic rings. The minimum absolute atomic E-state index is 0.833. The van der Waals surface area contributed by atoms with Gasteiger partial charge >= 0.3 is 0 Å². The van der Waals surface area contributed by atoms with E-state index in [1.165, 1.54) is 0 Å². The molecule has 0 radical (unpaired) electrons. The number of pyridine rings is 2. The fourth-order valence-electron chi connectivity index (χ4n) is 3.08. The highest BCUT2D eigenvalue weighted by Crippen LogP contribution is 2.35. The molecular formula is C21H18N4. The average Bonchev–Trinajstić information content (AvgIpc) is 3.09. The summed E-state index contributed by atoms with van der Waals surface area (Å²) in [6, 6.07) is 18.4. The molecule has 4 rings (SSSR count). The van der Waals surface area contributed by atoms with E-state index < -0.39 is 0 Å². The van der Waals surface area contributed by atoms with Gasteiger partial charge in [0.25, 0.3) is 0 Å². The summed E-state index contributed by atoms with van der Waals surface area (Å²) in [4.78, 5) is 13.3. The molecule has 3 heterocycles. The van der Waals surface area contributed by atoms with Crippen LogP contribution >= 0.6 is 0 Å². The molecule has 0 bridgehead atoms. The molecule has 0 N–H and O–H groups in total. The third-order valence-corrected chi connectivity index (χ3v) is 4.22. The third kappa shape index (κ3) is 2.83. The van der Waals surface area contributed by atoms with E-state index in [2.05, 4.69) is 33.6 Å². The quantitative estimate of drug-likeness (QED) is 0.546. The summed E-state index contributed by atoms with van der Waals surface area (Å²) in [6.07, 6.45) is 7.25. The molecule has 0 aliphatic heterocycles. The van der Waals surface area contributed by atoms with Crippen molar-refractivity contribution in [2.45, 2.75) is 13.5 Å². The Hall–Kier alpha value is -3.27. The zero-order valence-corrected chi connectivity index (χ0v) is 14.0. The molecule has 0 spiro atoms. The fourth-order valence-corrected chi connectivity index (χ4v) is 3.08. The van der Waals surface area contributed by atoms with Crippen molar-refractivity contribution >= 4 is 0 Å². The molecular weight excluding hydrogens is 308 g/mol. The summed E-state index contributed by atoms with van der Waals surface area (Å²) < 4.78 is 2.26. The van der Waals surface area contributed by atoms with Gasteiger partial charge in [-0.3, -0.25) is 9.97 Å². The Morgan fingerprint density at radius 1 is 0.720 bits per heavy atom. The molecule has 0 saturated carbocycles. The summed E-state index contributed by atoms with van der Waals surface area (Å²) in [5, 5.41) is 0. The van der Waals surface area contributed by atoms with Crippen molar-refractivity contribution in [1.29, 1.82) is 0 Å². The first-order chi connectivity index (χ1) is 12.4. The van der Waals surface area contributed by atoms with Crippen LogP contribution in [0, 0.1) is 0 Å². The highest BCUT2D eigenvalue weighted by molar-refractivity contribution is 5.81. The van der Waals surface area contributed by atoms with E-state index in [4.69, 9.17) is 4.98 Å². The molecule has 0 aliphatic rings. The third-order valence-electron chi connectivity index (χ3n) is 4.22. The van der Waals surface area contributed by atoms with Crippen LogP contribution in [0.2, 0.25) is 0 Å². The molecule has 0 aliphatic carbocycles. The number of hydrogen-bond donors (Lipinski definition) is 0. The maximum Gasteiger partial charge on any atom is 0.141 e. The van der Waals surface area contributed by atoms with E-state index in [1.807, 2.05) is 54.9 Å². The number of hydrogen-bond acceptors (Lipinski definition) is 3. The SMILES string of the molecule is CCn1c(-c2ccccc2)nc(-c2ccncc2)c1-c1ccncc1. The molecule has 0 unspecified atom stereocenters. The topological polar surface area (TPSA) is 43.6 Å². The highest BCUT2D eigenvalue weighted by atomic mass is 15.1. The predicted octanol–water partition coefficient (Wildman–Crippen LogP) is 4.69. The predicted molar refractivity (Wildman–Crippen MR) is 99.8 cm³/mol. The van der Waals surface area contributed by atoms with Gasteiger partial charge in [0.05, 0.1) is 11.4 Å². The first kappa shape index (κ1) is 15.3. The Balaban J connectivity index is 2.02. The minimum atomic E-state index is 0.833. The van der Waals surface area contributed by atoms with Gasteiger partial charge in [-0.25, -0.2) is 4.98 Å². The normalized spacial score (nSPS) is 10.8. The molecule has 1 aromatic carbocycles. The summed E-state index contributed by atoms with van der Waals surface area (Å²) in [5.41, 5.74) is 5.36. The summed E-state index contributed by atoms with van der Waals surface area (Å²) in [5.74, 6) is 0.974. The zero-order valence-electron chi connectivity index (χ0n) is 14.0. The van der Waals surface area contributed by atoms with Crippen LogP contribution in [0.1, 0.15) is 6.92 Å². The number of aromatic nitrogens is 4. The second-order valence-corrected chi connectivity index (χ2v) is 5.71. The van der Waals surface area contributed by atoms with Gasteiger partial charge in [-0.2, -0.15) is 0 Å². The molecule has 0 fully saturated rings. The van der Waals surface area contributed by atoms with Crippen LogP contribution < -0.4 is 0 Å². The lowest BCUT2D eigenvalue weighted by Gasteiger charge is -2.11. The Bertz CT molecular complexity index is 961. The van der Waals surface area contributed by atoms with E-state index in [9.17, 15) is 0 Å². The Morgan fingerprint density at radius 3 is 1.92 bits per heavy atom. The number of rotatable bonds is 4. The first-order valence-corrected chi connectivity index (χ1v) is 8.35. The first-order valence-electron chi connectivity index (χ1n) is 8.35. The van der Waals surface area contributed by atoms with Gasteiger partial charge in [-0.15, -0.1) is 0 Å². The highest BCUT2D eigenvalue weighted by Gasteiger charge is 2.19. The van der Waals surface area contributed by atoms with Gasteiger partial charge in [0.1, 0.15) is 5.82 Å². The smallest absolute Gasteiger partial charge is 0.141 e. The van der Waals surface area contributed by atoms with Crippen molar-refractivity contribution < 1.29 is 0 Å². The number of imidazole rings is 1. The molecule has 0 saturated heterocycles. The van der Waals surface area contributed by atoms with Crippen molar-refractivity contribution in [3.63, 3.8) is 0 Å². The van der Waals surface area contributed by atoms with Gasteiger partial charge in [-0.1, -0.05) is 30.3 Å². The summed E-state index contributed by atoms with van der Waals surface area (Å²) in [7, 11) is 0. The van der Waals surface area contributed by atoms with E-state index in [0.717, 1.165) is 40.4 Å². The summed E-state index contributed by atoms with van der Waals surface area (Å²) in [6.45, 7) is 2.98. The number of nitrogens with zero attached hydrogens (tertiary/aromatic N) is 4. The van der Waals surface area contributed by atoms with Crippen LogP contribution in [0.4, 0.5) is 0 Å². The lowest BCUT2D eigenvalue weighted by atomic mass is 10.1. The molecule has 0 amide bonds. The maximum atomic E-state index is 5.01. The maximum absolute atomic E-state index is 5.01. The summed E-state index contributed by atoms with van der Waals surface area (Å²) >= 11 is 0. The van der Waals surface area contributed by atoms with Gasteiger partial charge in [-0.05, 0) is 31.2 Å². The number of benzene rings is 1. The second kappa shape index (κ2) is 6.69. The molecule has 25 heavy (non-hydrogen) atoms. The lowest BCUT2D eigenvalue weighted by Crippen LogP contribution is -2.00. The lowest BCUT2D eigenvalue weighted by molar-refractivity contribution is 0.778. The Kier molecular flexibility index (Phi) is 4.09. The van der Waals surface area contributed by atoms with Crippen molar-refractivity contribution in [2.75, 3.05) is 0 Å². The van der Waals surface area contributed by atoms with Crippen LogP contribution in [0.25, 0.3) is 33.9 Å². The van der Waals surface area contributed by atoms with Gasteiger partial charge in [0.15, 0.2) is 0 Å². The molecule has 0 atom stereocenters. The monoisotopic (exact) mass is 326 g/mol. The van der Waals surface area contributed by atoms with Crippen molar-refractivity contribution in [1.82, 2.24) is 19.5 Å². The molecule has 3 aromatic heterocycles.